The molecule has 1 amide bonds. The summed E-state index contributed by atoms with van der Waals surface area (Å²) >= 11 is 1.36. The molecule has 1 heterocycles. The first-order valence-electron chi connectivity index (χ1n) is 5.82. The summed E-state index contributed by atoms with van der Waals surface area (Å²) in [4.78, 5) is 12.5. The van der Waals surface area contributed by atoms with Crippen LogP contribution >= 0.6 is 11.3 Å². The molecule has 0 aliphatic heterocycles. The molecule has 0 aliphatic rings. The molecule has 0 atom stereocenters. The fourth-order valence-electron chi connectivity index (χ4n) is 1.26. The zero-order valence-corrected chi connectivity index (χ0v) is 11.2. The van der Waals surface area contributed by atoms with Crippen molar-refractivity contribution < 1.29 is 14.6 Å². The van der Waals surface area contributed by atoms with E-state index < -0.39 is 0 Å². The summed E-state index contributed by atoms with van der Waals surface area (Å²) in [5.41, 5.74) is 0.711. The van der Waals surface area contributed by atoms with Crippen LogP contribution in [0.15, 0.2) is 11.4 Å². The Bertz CT molecular complexity index is 431. The Balaban J connectivity index is 2.53. The Hall–Kier alpha value is -1.35. The average Bonchev–Trinajstić information content (AvgIpc) is 2.83. The molecule has 0 spiro atoms. The van der Waals surface area contributed by atoms with Crippen LogP contribution in [-0.2, 0) is 4.74 Å². The van der Waals surface area contributed by atoms with Crippen molar-refractivity contribution in [2.75, 3.05) is 26.4 Å². The third-order valence-corrected chi connectivity index (χ3v) is 2.98. The number of carbonyl (C=O) groups is 1. The standard InChI is InChI=1S/C13H17NO3S/c1-2-17-9-7-14-13(16)12-11(6-10-18-12)5-3-4-8-15/h6,10,15H,2,4,7-9H2,1H3,(H,14,16). The quantitative estimate of drug-likeness (QED) is 0.602. The fraction of sp³-hybridized carbons (Fsp3) is 0.462. The topological polar surface area (TPSA) is 58.6 Å². The van der Waals surface area contributed by atoms with E-state index >= 15 is 0 Å². The van der Waals surface area contributed by atoms with E-state index in [1.807, 2.05) is 18.4 Å². The number of ether oxygens (including phenoxy) is 1. The monoisotopic (exact) mass is 267 g/mol. The molecule has 0 bridgehead atoms. The second-order valence-corrected chi connectivity index (χ2v) is 4.31. The van der Waals surface area contributed by atoms with Gasteiger partial charge in [-0.15, -0.1) is 11.3 Å². The van der Waals surface area contributed by atoms with E-state index in [0.717, 1.165) is 0 Å². The predicted molar refractivity (Wildman–Crippen MR) is 71.7 cm³/mol. The van der Waals surface area contributed by atoms with E-state index in [1.54, 1.807) is 0 Å². The van der Waals surface area contributed by atoms with Crippen molar-refractivity contribution in [1.82, 2.24) is 5.32 Å². The maximum absolute atomic E-state index is 11.8. The molecule has 0 unspecified atom stereocenters. The van der Waals surface area contributed by atoms with Gasteiger partial charge < -0.3 is 15.2 Å². The minimum Gasteiger partial charge on any atom is -0.395 e. The molecule has 0 fully saturated rings. The molecule has 1 aromatic heterocycles. The van der Waals surface area contributed by atoms with E-state index in [0.29, 0.717) is 36.6 Å². The maximum Gasteiger partial charge on any atom is 0.262 e. The number of rotatable bonds is 6. The normalized spacial score (nSPS) is 9.67. The third kappa shape index (κ3) is 4.88. The third-order valence-electron chi connectivity index (χ3n) is 2.07. The molecule has 0 saturated heterocycles. The lowest BCUT2D eigenvalue weighted by Gasteiger charge is -2.03. The van der Waals surface area contributed by atoms with Gasteiger partial charge in [-0.25, -0.2) is 0 Å². The van der Waals surface area contributed by atoms with Crippen molar-refractivity contribution in [3.05, 3.63) is 21.9 Å². The number of carbonyl (C=O) groups excluding carboxylic acids is 1. The first-order chi connectivity index (χ1) is 8.79. The molecule has 0 saturated carbocycles. The predicted octanol–water partition coefficient (Wildman–Crippen LogP) is 1.25. The van der Waals surface area contributed by atoms with Gasteiger partial charge in [0.25, 0.3) is 5.91 Å². The van der Waals surface area contributed by atoms with Crippen LogP contribution < -0.4 is 5.32 Å². The largest absolute Gasteiger partial charge is 0.395 e. The van der Waals surface area contributed by atoms with Crippen LogP contribution in [0.3, 0.4) is 0 Å². The molecule has 5 heteroatoms. The number of hydrogen-bond acceptors (Lipinski definition) is 4. The lowest BCUT2D eigenvalue weighted by molar-refractivity contribution is 0.0926. The Morgan fingerprint density at radius 2 is 2.44 bits per heavy atom. The number of amides is 1. The van der Waals surface area contributed by atoms with Crippen LogP contribution in [0.5, 0.6) is 0 Å². The van der Waals surface area contributed by atoms with Crippen LogP contribution in [0.4, 0.5) is 0 Å². The average molecular weight is 267 g/mol. The minimum absolute atomic E-state index is 0.0347. The number of aliphatic hydroxyl groups excluding tert-OH is 1. The van der Waals surface area contributed by atoms with Gasteiger partial charge in [0.15, 0.2) is 0 Å². The van der Waals surface area contributed by atoms with Gasteiger partial charge in [0.2, 0.25) is 0 Å². The van der Waals surface area contributed by atoms with Crippen LogP contribution in [0.2, 0.25) is 0 Å². The van der Waals surface area contributed by atoms with E-state index in [-0.39, 0.29) is 12.5 Å². The maximum atomic E-state index is 11.8. The van der Waals surface area contributed by atoms with Gasteiger partial charge in [-0.2, -0.15) is 0 Å². The molecule has 4 nitrogen and oxygen atoms in total. The van der Waals surface area contributed by atoms with Crippen molar-refractivity contribution in [3.63, 3.8) is 0 Å². The SMILES string of the molecule is CCOCCNC(=O)c1sccc1C#CCCO. The van der Waals surface area contributed by atoms with Gasteiger partial charge in [0, 0.05) is 25.1 Å². The van der Waals surface area contributed by atoms with Crippen molar-refractivity contribution in [1.29, 1.82) is 0 Å². The highest BCUT2D eigenvalue weighted by Gasteiger charge is 2.10. The van der Waals surface area contributed by atoms with E-state index in [1.165, 1.54) is 11.3 Å². The summed E-state index contributed by atoms with van der Waals surface area (Å²) in [6, 6.07) is 1.81. The molecule has 0 radical (unpaired) electrons. The number of thiophene rings is 1. The highest BCUT2D eigenvalue weighted by atomic mass is 32.1. The van der Waals surface area contributed by atoms with Crippen LogP contribution in [0, 0.1) is 11.8 Å². The Labute approximate surface area is 111 Å². The molecule has 0 aliphatic carbocycles. The highest BCUT2D eigenvalue weighted by Crippen LogP contribution is 2.15. The molecule has 1 rings (SSSR count). The Kier molecular flexibility index (Phi) is 7.11. The van der Waals surface area contributed by atoms with Crippen molar-refractivity contribution in [2.45, 2.75) is 13.3 Å². The van der Waals surface area contributed by atoms with Gasteiger partial charge in [-0.05, 0) is 18.4 Å². The zero-order valence-electron chi connectivity index (χ0n) is 10.4. The van der Waals surface area contributed by atoms with Crippen LogP contribution in [0.25, 0.3) is 0 Å². The molecular formula is C13H17NO3S. The second kappa shape index (κ2) is 8.70. The lowest BCUT2D eigenvalue weighted by Crippen LogP contribution is -2.27. The highest BCUT2D eigenvalue weighted by molar-refractivity contribution is 7.12. The van der Waals surface area contributed by atoms with Gasteiger partial charge in [0.1, 0.15) is 4.88 Å². The Morgan fingerprint density at radius 1 is 1.61 bits per heavy atom. The van der Waals surface area contributed by atoms with Crippen molar-refractivity contribution in [3.8, 4) is 11.8 Å². The van der Waals surface area contributed by atoms with Gasteiger partial charge in [0.05, 0.1) is 13.2 Å². The summed E-state index contributed by atoms with van der Waals surface area (Å²) < 4.78 is 5.14. The molecule has 18 heavy (non-hydrogen) atoms. The molecule has 98 valence electrons. The number of nitrogens with one attached hydrogen (secondary N) is 1. The van der Waals surface area contributed by atoms with E-state index in [2.05, 4.69) is 17.2 Å². The molecule has 0 aromatic carbocycles. The Morgan fingerprint density at radius 3 is 3.17 bits per heavy atom. The van der Waals surface area contributed by atoms with Crippen molar-refractivity contribution in [2.24, 2.45) is 0 Å². The van der Waals surface area contributed by atoms with Gasteiger partial charge in [-0.3, -0.25) is 4.79 Å². The van der Waals surface area contributed by atoms with E-state index in [4.69, 9.17) is 9.84 Å². The molecular weight excluding hydrogens is 250 g/mol. The summed E-state index contributed by atoms with van der Waals surface area (Å²) in [5.74, 6) is 5.57. The summed E-state index contributed by atoms with van der Waals surface area (Å²) in [6.45, 7) is 3.60. The number of hydrogen-bond donors (Lipinski definition) is 2. The van der Waals surface area contributed by atoms with Crippen molar-refractivity contribution >= 4 is 17.2 Å². The summed E-state index contributed by atoms with van der Waals surface area (Å²) in [7, 11) is 0. The van der Waals surface area contributed by atoms with Crippen LogP contribution in [0.1, 0.15) is 28.6 Å². The van der Waals surface area contributed by atoms with E-state index in [9.17, 15) is 4.79 Å². The van der Waals surface area contributed by atoms with Gasteiger partial charge in [-0.1, -0.05) is 11.8 Å². The summed E-state index contributed by atoms with van der Waals surface area (Å²) in [6.07, 6.45) is 0.418. The first kappa shape index (κ1) is 14.7. The minimum atomic E-state index is -0.127. The van der Waals surface area contributed by atoms with Gasteiger partial charge >= 0.3 is 0 Å². The fourth-order valence-corrected chi connectivity index (χ4v) is 2.02. The molecule has 1 aromatic rings. The summed E-state index contributed by atoms with van der Waals surface area (Å²) in [5, 5.41) is 13.3. The first-order valence-corrected chi connectivity index (χ1v) is 6.70. The second-order valence-electron chi connectivity index (χ2n) is 3.39. The number of aliphatic hydroxyl groups is 1. The smallest absolute Gasteiger partial charge is 0.262 e. The zero-order chi connectivity index (χ0) is 13.2. The molecule has 2 N–H and O–H groups in total. The lowest BCUT2D eigenvalue weighted by atomic mass is 10.2. The van der Waals surface area contributed by atoms with Crippen LogP contribution in [-0.4, -0.2) is 37.4 Å².